The van der Waals surface area contributed by atoms with Crippen molar-refractivity contribution in [3.05, 3.63) is 10.9 Å². The zero-order chi connectivity index (χ0) is 16.5. The fraction of sp³-hybridized carbons (Fsp3) is 0.625. The van der Waals surface area contributed by atoms with Crippen LogP contribution in [0, 0.1) is 0 Å². The lowest BCUT2D eigenvalue weighted by atomic mass is 10.3. The molecule has 8 heteroatoms. The number of morpholine rings is 1. The SMILES string of the molecule is CN1CCN(c2nc(N3CCOCC3)c3sc(CO)cc3n2)CC1. The van der Waals surface area contributed by atoms with Crippen LogP contribution in [0.5, 0.6) is 0 Å². The van der Waals surface area contributed by atoms with Crippen LogP contribution in [0.2, 0.25) is 0 Å². The molecule has 0 radical (unpaired) electrons. The van der Waals surface area contributed by atoms with E-state index >= 15 is 0 Å². The van der Waals surface area contributed by atoms with Gasteiger partial charge >= 0.3 is 0 Å². The van der Waals surface area contributed by atoms with Crippen LogP contribution in [0.1, 0.15) is 4.88 Å². The Bertz CT molecular complexity index is 708. The highest BCUT2D eigenvalue weighted by molar-refractivity contribution is 7.19. The molecule has 0 bridgehead atoms. The number of ether oxygens (including phenoxy) is 1. The number of hydrogen-bond donors (Lipinski definition) is 1. The number of aliphatic hydroxyl groups is 1. The third-order valence-electron chi connectivity index (χ3n) is 4.65. The van der Waals surface area contributed by atoms with Gasteiger partial charge < -0.3 is 24.5 Å². The van der Waals surface area contributed by atoms with Crippen LogP contribution in [-0.4, -0.2) is 79.5 Å². The van der Waals surface area contributed by atoms with Gasteiger partial charge in [0.25, 0.3) is 0 Å². The summed E-state index contributed by atoms with van der Waals surface area (Å²) in [7, 11) is 2.15. The summed E-state index contributed by atoms with van der Waals surface area (Å²) in [4.78, 5) is 17.5. The van der Waals surface area contributed by atoms with Crippen molar-refractivity contribution in [2.24, 2.45) is 0 Å². The van der Waals surface area contributed by atoms with E-state index in [2.05, 4.69) is 21.7 Å². The Hall–Kier alpha value is -1.48. The van der Waals surface area contributed by atoms with E-state index in [9.17, 15) is 5.11 Å². The third kappa shape index (κ3) is 3.06. The first-order chi connectivity index (χ1) is 11.7. The van der Waals surface area contributed by atoms with E-state index < -0.39 is 0 Å². The van der Waals surface area contributed by atoms with Crippen molar-refractivity contribution in [3.8, 4) is 0 Å². The zero-order valence-corrected chi connectivity index (χ0v) is 14.8. The first-order valence-electron chi connectivity index (χ1n) is 8.42. The van der Waals surface area contributed by atoms with Crippen molar-refractivity contribution in [2.75, 3.05) is 69.3 Å². The summed E-state index contributed by atoms with van der Waals surface area (Å²) in [6.45, 7) is 7.15. The molecule has 130 valence electrons. The molecule has 0 saturated carbocycles. The molecule has 2 fully saturated rings. The summed E-state index contributed by atoms with van der Waals surface area (Å²) in [6, 6.07) is 1.99. The van der Waals surface area contributed by atoms with Crippen LogP contribution in [0.25, 0.3) is 10.2 Å². The van der Waals surface area contributed by atoms with Gasteiger partial charge in [-0.2, -0.15) is 4.98 Å². The molecule has 2 aromatic heterocycles. The Morgan fingerprint density at radius 2 is 1.83 bits per heavy atom. The topological polar surface area (TPSA) is 65.0 Å². The minimum absolute atomic E-state index is 0.0490. The largest absolute Gasteiger partial charge is 0.391 e. The standard InChI is InChI=1S/C16H23N5O2S/c1-19-2-4-21(5-3-19)16-17-13-10-12(11-22)24-14(13)15(18-16)20-6-8-23-9-7-20/h10,22H,2-9,11H2,1H3. The van der Waals surface area contributed by atoms with Gasteiger partial charge in [0.05, 0.1) is 30.0 Å². The molecule has 7 nitrogen and oxygen atoms in total. The quantitative estimate of drug-likeness (QED) is 0.878. The molecule has 2 aliphatic rings. The van der Waals surface area contributed by atoms with Gasteiger partial charge in [-0.05, 0) is 13.1 Å². The van der Waals surface area contributed by atoms with E-state index in [0.29, 0.717) is 0 Å². The van der Waals surface area contributed by atoms with Gasteiger partial charge in [0.2, 0.25) is 5.95 Å². The second kappa shape index (κ2) is 6.79. The van der Waals surface area contributed by atoms with Gasteiger partial charge in [-0.1, -0.05) is 0 Å². The number of likely N-dealkylation sites (N-methyl/N-ethyl adjacent to an activating group) is 1. The van der Waals surface area contributed by atoms with E-state index in [-0.39, 0.29) is 6.61 Å². The Kier molecular flexibility index (Phi) is 4.53. The molecule has 1 N–H and O–H groups in total. The molecular weight excluding hydrogens is 326 g/mol. The number of nitrogens with zero attached hydrogens (tertiary/aromatic N) is 5. The predicted molar refractivity (Wildman–Crippen MR) is 96.1 cm³/mol. The van der Waals surface area contributed by atoms with E-state index in [1.165, 1.54) is 0 Å². The first kappa shape index (κ1) is 16.0. The maximum atomic E-state index is 9.50. The fourth-order valence-electron chi connectivity index (χ4n) is 3.17. The zero-order valence-electron chi connectivity index (χ0n) is 13.9. The average molecular weight is 349 g/mol. The predicted octanol–water partition coefficient (Wildman–Crippen LogP) is 0.772. The Morgan fingerprint density at radius 1 is 1.08 bits per heavy atom. The fourth-order valence-corrected chi connectivity index (χ4v) is 4.14. The lowest BCUT2D eigenvalue weighted by Gasteiger charge is -2.33. The summed E-state index contributed by atoms with van der Waals surface area (Å²) in [5.74, 6) is 1.79. The van der Waals surface area contributed by atoms with Gasteiger partial charge in [-0.15, -0.1) is 11.3 Å². The summed E-state index contributed by atoms with van der Waals surface area (Å²) in [5.41, 5.74) is 0.939. The van der Waals surface area contributed by atoms with Crippen molar-refractivity contribution in [3.63, 3.8) is 0 Å². The molecule has 0 unspecified atom stereocenters. The maximum Gasteiger partial charge on any atom is 0.228 e. The summed E-state index contributed by atoms with van der Waals surface area (Å²) < 4.78 is 6.55. The molecule has 0 aliphatic carbocycles. The highest BCUT2D eigenvalue weighted by Gasteiger charge is 2.23. The minimum Gasteiger partial charge on any atom is -0.391 e. The maximum absolute atomic E-state index is 9.50. The number of piperazine rings is 1. The van der Waals surface area contributed by atoms with Crippen LogP contribution in [0.15, 0.2) is 6.07 Å². The minimum atomic E-state index is 0.0490. The van der Waals surface area contributed by atoms with Gasteiger partial charge in [-0.25, -0.2) is 4.98 Å². The second-order valence-electron chi connectivity index (χ2n) is 6.32. The summed E-state index contributed by atoms with van der Waals surface area (Å²) in [5, 5.41) is 9.50. The molecule has 4 heterocycles. The number of thiophene rings is 1. The van der Waals surface area contributed by atoms with Crippen LogP contribution >= 0.6 is 11.3 Å². The number of aromatic nitrogens is 2. The molecule has 0 amide bonds. The Labute approximate surface area is 145 Å². The van der Waals surface area contributed by atoms with Crippen LogP contribution in [0.4, 0.5) is 11.8 Å². The van der Waals surface area contributed by atoms with Gasteiger partial charge in [0, 0.05) is 44.1 Å². The molecule has 0 aromatic carbocycles. The van der Waals surface area contributed by atoms with Gasteiger partial charge in [-0.3, -0.25) is 0 Å². The number of aliphatic hydroxyl groups excluding tert-OH is 1. The van der Waals surface area contributed by atoms with Crippen LogP contribution in [-0.2, 0) is 11.3 Å². The Balaban J connectivity index is 1.74. The summed E-state index contributed by atoms with van der Waals surface area (Å²) >= 11 is 1.59. The Morgan fingerprint density at radius 3 is 2.54 bits per heavy atom. The monoisotopic (exact) mass is 349 g/mol. The molecule has 2 aromatic rings. The molecule has 0 spiro atoms. The highest BCUT2D eigenvalue weighted by Crippen LogP contribution is 2.34. The molecular formula is C16H23N5O2S. The lowest BCUT2D eigenvalue weighted by molar-refractivity contribution is 0.122. The highest BCUT2D eigenvalue weighted by atomic mass is 32.1. The lowest BCUT2D eigenvalue weighted by Crippen LogP contribution is -2.45. The molecule has 0 atom stereocenters. The molecule has 24 heavy (non-hydrogen) atoms. The van der Waals surface area contributed by atoms with Crippen LogP contribution in [0.3, 0.4) is 0 Å². The van der Waals surface area contributed by atoms with E-state index in [0.717, 1.165) is 79.3 Å². The molecule has 2 saturated heterocycles. The average Bonchev–Trinajstić information content (AvgIpc) is 3.05. The number of hydrogen-bond acceptors (Lipinski definition) is 8. The van der Waals surface area contributed by atoms with Crippen molar-refractivity contribution < 1.29 is 9.84 Å². The first-order valence-corrected chi connectivity index (χ1v) is 9.24. The normalized spacial score (nSPS) is 20.1. The van der Waals surface area contributed by atoms with Gasteiger partial charge in [0.15, 0.2) is 5.82 Å². The second-order valence-corrected chi connectivity index (χ2v) is 7.46. The van der Waals surface area contributed by atoms with Crippen molar-refractivity contribution in [1.29, 1.82) is 0 Å². The molecule has 4 rings (SSSR count). The summed E-state index contributed by atoms with van der Waals surface area (Å²) in [6.07, 6.45) is 0. The van der Waals surface area contributed by atoms with Crippen molar-refractivity contribution >= 4 is 33.3 Å². The van der Waals surface area contributed by atoms with E-state index in [1.807, 2.05) is 6.07 Å². The smallest absolute Gasteiger partial charge is 0.228 e. The number of rotatable bonds is 3. The van der Waals surface area contributed by atoms with E-state index in [1.54, 1.807) is 11.3 Å². The molecule has 2 aliphatic heterocycles. The number of fused-ring (bicyclic) bond motifs is 1. The van der Waals surface area contributed by atoms with Crippen molar-refractivity contribution in [2.45, 2.75) is 6.61 Å². The number of anilines is 2. The van der Waals surface area contributed by atoms with Gasteiger partial charge in [0.1, 0.15) is 0 Å². The van der Waals surface area contributed by atoms with Crippen molar-refractivity contribution in [1.82, 2.24) is 14.9 Å². The third-order valence-corrected chi connectivity index (χ3v) is 5.75. The van der Waals surface area contributed by atoms with E-state index in [4.69, 9.17) is 14.7 Å². The van der Waals surface area contributed by atoms with Crippen LogP contribution < -0.4 is 9.80 Å².